The minimum atomic E-state index is -0.601. The third-order valence-corrected chi connectivity index (χ3v) is 6.91. The molecule has 1 aliphatic rings. The first-order valence-corrected chi connectivity index (χ1v) is 12.5. The monoisotopic (exact) mass is 537 g/mol. The van der Waals surface area contributed by atoms with Crippen molar-refractivity contribution in [3.63, 3.8) is 0 Å². The highest BCUT2D eigenvalue weighted by molar-refractivity contribution is 7.81. The zero-order valence-electron chi connectivity index (χ0n) is 21.4. The maximum atomic E-state index is 13.8. The molecular weight excluding hydrogens is 514 g/mol. The fourth-order valence-corrected chi connectivity index (χ4v) is 4.72. The van der Waals surface area contributed by atoms with Crippen LogP contribution in [0.15, 0.2) is 88.9 Å². The first kappa shape index (κ1) is 25.7. The molecule has 0 bridgehead atoms. The molecule has 0 aliphatic carbocycles. The van der Waals surface area contributed by atoms with Crippen molar-refractivity contribution in [2.24, 2.45) is 0 Å². The Balaban J connectivity index is 1.61. The lowest BCUT2D eigenvalue weighted by Crippen LogP contribution is -2.57. The summed E-state index contributed by atoms with van der Waals surface area (Å²) >= 11 is 5.67. The van der Waals surface area contributed by atoms with Gasteiger partial charge in [0.15, 0.2) is 5.11 Å². The van der Waals surface area contributed by atoms with E-state index in [9.17, 15) is 19.7 Å². The number of benzene rings is 3. The van der Waals surface area contributed by atoms with Crippen LogP contribution in [-0.2, 0) is 9.59 Å². The smallest absolute Gasteiger partial charge is 0.280 e. The number of carbonyl (C=O) groups is 2. The average molecular weight is 538 g/mol. The van der Waals surface area contributed by atoms with Crippen LogP contribution in [-0.4, -0.2) is 21.9 Å². The SMILES string of the molecule is Cc1ccc(-c2ccc(/C=C3/C(=O)N(c4ccccc4)C(=S)N(c4ccc(C)c(C)c4)C3=O)o2)c([N+](=O)[O-])c1. The maximum absolute atomic E-state index is 13.8. The second-order valence-corrected chi connectivity index (χ2v) is 9.57. The van der Waals surface area contributed by atoms with E-state index in [1.54, 1.807) is 61.5 Å². The largest absolute Gasteiger partial charge is 0.456 e. The van der Waals surface area contributed by atoms with Gasteiger partial charge in [-0.25, -0.2) is 0 Å². The van der Waals surface area contributed by atoms with Gasteiger partial charge >= 0.3 is 0 Å². The molecule has 194 valence electrons. The Morgan fingerprint density at radius 3 is 2.18 bits per heavy atom. The van der Waals surface area contributed by atoms with Crippen LogP contribution in [0.4, 0.5) is 17.1 Å². The highest BCUT2D eigenvalue weighted by atomic mass is 32.1. The standard InChI is InChI=1S/C30H23N3O5S/c1-18-9-13-24(26(15-18)33(36)37)27-14-12-23(38-27)17-25-28(34)31(21-7-5-4-6-8-21)30(39)32(29(25)35)22-11-10-19(2)20(3)16-22/h4-17H,1-3H3/b25-17-. The molecule has 0 radical (unpaired) electrons. The van der Waals surface area contributed by atoms with Gasteiger partial charge in [0.25, 0.3) is 17.5 Å². The Hall–Kier alpha value is -4.89. The summed E-state index contributed by atoms with van der Waals surface area (Å²) in [6, 6.07) is 22.3. The summed E-state index contributed by atoms with van der Waals surface area (Å²) in [6.45, 7) is 5.66. The minimum Gasteiger partial charge on any atom is -0.456 e. The summed E-state index contributed by atoms with van der Waals surface area (Å²) in [6.07, 6.45) is 1.35. The molecule has 0 atom stereocenters. The molecule has 1 aromatic heterocycles. The molecule has 8 nitrogen and oxygen atoms in total. The van der Waals surface area contributed by atoms with E-state index >= 15 is 0 Å². The molecule has 1 fully saturated rings. The molecular formula is C30H23N3O5S. The van der Waals surface area contributed by atoms with E-state index in [2.05, 4.69) is 0 Å². The van der Waals surface area contributed by atoms with E-state index in [1.807, 2.05) is 32.0 Å². The van der Waals surface area contributed by atoms with Gasteiger partial charge in [-0.15, -0.1) is 0 Å². The van der Waals surface area contributed by atoms with Crippen LogP contribution in [0, 0.1) is 30.9 Å². The number of thiocarbonyl (C=S) groups is 1. The number of nitrogens with zero attached hydrogens (tertiary/aromatic N) is 3. The van der Waals surface area contributed by atoms with Gasteiger partial charge in [-0.05, 0) is 98.2 Å². The van der Waals surface area contributed by atoms with Gasteiger partial charge in [0.2, 0.25) is 0 Å². The quantitative estimate of drug-likeness (QED) is 0.0944. The van der Waals surface area contributed by atoms with Gasteiger partial charge in [0.05, 0.1) is 21.9 Å². The maximum Gasteiger partial charge on any atom is 0.280 e. The molecule has 0 unspecified atom stereocenters. The van der Waals surface area contributed by atoms with Crippen LogP contribution in [0.5, 0.6) is 0 Å². The van der Waals surface area contributed by atoms with Crippen molar-refractivity contribution in [2.75, 3.05) is 9.80 Å². The number of nitro benzene ring substituents is 1. The molecule has 0 saturated carbocycles. The highest BCUT2D eigenvalue weighted by Gasteiger charge is 2.41. The summed E-state index contributed by atoms with van der Waals surface area (Å²) in [4.78, 5) is 41.3. The fourth-order valence-electron chi connectivity index (χ4n) is 4.35. The topological polar surface area (TPSA) is 96.9 Å². The molecule has 9 heteroatoms. The van der Waals surface area contributed by atoms with Crippen molar-refractivity contribution in [2.45, 2.75) is 20.8 Å². The Bertz CT molecular complexity index is 1690. The Morgan fingerprint density at radius 2 is 1.51 bits per heavy atom. The summed E-state index contributed by atoms with van der Waals surface area (Å²) in [5.41, 5.74) is 3.82. The lowest BCUT2D eigenvalue weighted by Gasteiger charge is -2.36. The molecule has 39 heavy (non-hydrogen) atoms. The molecule has 1 aliphatic heterocycles. The second kappa shape index (κ2) is 10.1. The Kier molecular flexibility index (Phi) is 6.67. The van der Waals surface area contributed by atoms with E-state index in [1.165, 1.54) is 21.9 Å². The summed E-state index contributed by atoms with van der Waals surface area (Å²) < 4.78 is 5.89. The Morgan fingerprint density at radius 1 is 0.821 bits per heavy atom. The number of para-hydroxylation sites is 1. The zero-order chi connectivity index (χ0) is 27.8. The average Bonchev–Trinajstić information content (AvgIpc) is 3.38. The first-order valence-electron chi connectivity index (χ1n) is 12.1. The van der Waals surface area contributed by atoms with Crippen molar-refractivity contribution >= 4 is 52.3 Å². The van der Waals surface area contributed by atoms with E-state index in [0.29, 0.717) is 16.9 Å². The van der Waals surface area contributed by atoms with Gasteiger partial charge in [0.1, 0.15) is 17.1 Å². The number of nitro groups is 1. The number of anilines is 2. The summed E-state index contributed by atoms with van der Waals surface area (Å²) in [7, 11) is 0. The van der Waals surface area contributed by atoms with E-state index in [0.717, 1.165) is 16.7 Å². The Labute approximate surface area is 229 Å². The van der Waals surface area contributed by atoms with Crippen molar-refractivity contribution in [3.05, 3.63) is 117 Å². The van der Waals surface area contributed by atoms with Crippen LogP contribution in [0.3, 0.4) is 0 Å². The molecule has 0 N–H and O–H groups in total. The minimum absolute atomic E-state index is 0.0343. The van der Waals surface area contributed by atoms with Crippen molar-refractivity contribution in [3.8, 4) is 11.3 Å². The van der Waals surface area contributed by atoms with Gasteiger partial charge in [-0.1, -0.05) is 30.3 Å². The van der Waals surface area contributed by atoms with Crippen molar-refractivity contribution in [1.82, 2.24) is 0 Å². The number of hydrogen-bond acceptors (Lipinski definition) is 6. The van der Waals surface area contributed by atoms with Gasteiger partial charge in [0, 0.05) is 6.07 Å². The highest BCUT2D eigenvalue weighted by Crippen LogP contribution is 2.34. The lowest BCUT2D eigenvalue weighted by atomic mass is 10.1. The van der Waals surface area contributed by atoms with Crippen molar-refractivity contribution in [1.29, 1.82) is 0 Å². The normalized spacial score (nSPS) is 14.8. The molecule has 2 amide bonds. The van der Waals surface area contributed by atoms with Gasteiger partial charge in [-0.2, -0.15) is 0 Å². The zero-order valence-corrected chi connectivity index (χ0v) is 22.2. The third kappa shape index (κ3) is 4.75. The van der Waals surface area contributed by atoms with Crippen LogP contribution in [0.25, 0.3) is 17.4 Å². The molecule has 0 spiro atoms. The van der Waals surface area contributed by atoms with Crippen molar-refractivity contribution < 1.29 is 18.9 Å². The van der Waals surface area contributed by atoms with Gasteiger partial charge in [-0.3, -0.25) is 29.5 Å². The first-order chi connectivity index (χ1) is 18.7. The number of carbonyl (C=O) groups excluding carboxylic acids is 2. The fraction of sp³-hybridized carbons (Fsp3) is 0.100. The third-order valence-electron chi connectivity index (χ3n) is 6.54. The summed E-state index contributed by atoms with van der Waals surface area (Å²) in [5, 5.41) is 11.6. The second-order valence-electron chi connectivity index (χ2n) is 9.21. The van der Waals surface area contributed by atoms with E-state index < -0.39 is 16.7 Å². The predicted octanol–water partition coefficient (Wildman–Crippen LogP) is 6.53. The molecule has 3 aromatic carbocycles. The van der Waals surface area contributed by atoms with Crippen LogP contribution >= 0.6 is 12.2 Å². The van der Waals surface area contributed by atoms with Gasteiger partial charge < -0.3 is 4.42 Å². The number of rotatable bonds is 5. The van der Waals surface area contributed by atoms with Crippen LogP contribution < -0.4 is 9.80 Å². The lowest BCUT2D eigenvalue weighted by molar-refractivity contribution is -0.384. The summed E-state index contributed by atoms with van der Waals surface area (Å²) in [5.74, 6) is -0.765. The molecule has 1 saturated heterocycles. The van der Waals surface area contributed by atoms with Crippen LogP contribution in [0.2, 0.25) is 0 Å². The molecule has 2 heterocycles. The van der Waals surface area contributed by atoms with Crippen LogP contribution in [0.1, 0.15) is 22.5 Å². The van der Waals surface area contributed by atoms with E-state index in [-0.39, 0.29) is 27.9 Å². The molecule has 4 aromatic rings. The predicted molar refractivity (Wildman–Crippen MR) is 153 cm³/mol. The van der Waals surface area contributed by atoms with E-state index in [4.69, 9.17) is 16.6 Å². The molecule has 5 rings (SSSR count). The number of amides is 2. The number of aryl methyl sites for hydroxylation is 3. The number of furan rings is 1. The number of hydrogen-bond donors (Lipinski definition) is 0.